The average molecular weight is 468 g/mol. The summed E-state index contributed by atoms with van der Waals surface area (Å²) in [6.45, 7) is 7.08. The molecule has 2 aromatic carbocycles. The molecule has 0 aliphatic carbocycles. The van der Waals surface area contributed by atoms with Crippen LogP contribution in [0, 0.1) is 10.1 Å². The summed E-state index contributed by atoms with van der Waals surface area (Å²) >= 11 is 0. The number of quaternary nitrogens is 1. The zero-order valence-corrected chi connectivity index (χ0v) is 19.6. The molecule has 9 heteroatoms. The van der Waals surface area contributed by atoms with Gasteiger partial charge in [0, 0.05) is 30.7 Å². The minimum atomic E-state index is -0.995. The lowest BCUT2D eigenvalue weighted by Crippen LogP contribution is -3.11. The Morgan fingerprint density at radius 1 is 1.12 bits per heavy atom. The number of likely N-dealkylation sites (tertiary alicyclic amines) is 1. The number of nitrogens with one attached hydrogen (secondary N) is 1. The van der Waals surface area contributed by atoms with Crippen LogP contribution >= 0.6 is 0 Å². The van der Waals surface area contributed by atoms with Crippen molar-refractivity contribution in [1.82, 2.24) is 4.90 Å². The summed E-state index contributed by atoms with van der Waals surface area (Å²) in [5.74, 6) is -1.79. The topological polar surface area (TPSA) is 117 Å². The smallest absolute Gasteiger partial charge is 0.295 e. The van der Waals surface area contributed by atoms with Crippen LogP contribution in [0.1, 0.15) is 37.4 Å². The van der Waals surface area contributed by atoms with Gasteiger partial charge in [-0.3, -0.25) is 19.7 Å². The highest BCUT2D eigenvalue weighted by Gasteiger charge is 2.44. The highest BCUT2D eigenvalue weighted by atomic mass is 16.6. The summed E-state index contributed by atoms with van der Waals surface area (Å²) in [4.78, 5) is 39.7. The third-order valence-electron chi connectivity index (χ3n) is 6.19. The van der Waals surface area contributed by atoms with Crippen molar-refractivity contribution in [2.75, 3.05) is 33.3 Å². The fourth-order valence-electron chi connectivity index (χ4n) is 4.28. The van der Waals surface area contributed by atoms with E-state index in [2.05, 4.69) is 13.8 Å². The van der Waals surface area contributed by atoms with E-state index in [-0.39, 0.29) is 23.4 Å². The van der Waals surface area contributed by atoms with E-state index >= 15 is 0 Å². The normalized spacial score (nSPS) is 17.4. The lowest BCUT2D eigenvalue weighted by Gasteiger charge is -2.28. The number of ether oxygens (including phenoxy) is 1. The number of ketones is 1. The van der Waals surface area contributed by atoms with Crippen LogP contribution in [-0.4, -0.2) is 54.8 Å². The van der Waals surface area contributed by atoms with Crippen LogP contribution in [0.4, 0.5) is 5.69 Å². The van der Waals surface area contributed by atoms with Gasteiger partial charge in [-0.15, -0.1) is 0 Å². The lowest BCUT2D eigenvalue weighted by molar-refractivity contribution is -0.896. The molecule has 2 aromatic rings. The molecule has 34 heavy (non-hydrogen) atoms. The van der Waals surface area contributed by atoms with Crippen molar-refractivity contribution in [2.24, 2.45) is 0 Å². The Labute approximate surface area is 198 Å². The Kier molecular flexibility index (Phi) is 8.01. The summed E-state index contributed by atoms with van der Waals surface area (Å²) in [6, 6.07) is 11.1. The first kappa shape index (κ1) is 24.9. The molecule has 0 bridgehead atoms. The second kappa shape index (κ2) is 10.9. The molecule has 0 radical (unpaired) electrons. The number of hydrogen-bond donors (Lipinski definition) is 1. The number of hydrogen-bond acceptors (Lipinski definition) is 6. The van der Waals surface area contributed by atoms with E-state index in [4.69, 9.17) is 4.74 Å². The SMILES string of the molecule is CC[NH+](CC)CCCN1C(=O)C(=O)/C(=C(/[O-])c2cccc(OC)c2)C1c1cccc([N+](=O)[O-])c1. The van der Waals surface area contributed by atoms with E-state index in [1.54, 1.807) is 24.3 Å². The number of benzene rings is 2. The van der Waals surface area contributed by atoms with Crippen LogP contribution in [0.5, 0.6) is 5.75 Å². The molecule has 180 valence electrons. The molecule has 1 unspecified atom stereocenters. The molecule has 0 spiro atoms. The standard InChI is InChI=1S/C25H29N3O6/c1-4-26(5-2)13-8-14-27-22(17-9-6-11-19(15-17)28(32)33)21(24(30)25(27)31)23(29)18-10-7-12-20(16-18)34-3/h6-7,9-12,15-16,22,29H,4-5,8,13-14H2,1-3H3/b23-21+. The Balaban J connectivity index is 2.09. The highest BCUT2D eigenvalue weighted by Crippen LogP contribution is 2.39. The van der Waals surface area contributed by atoms with Gasteiger partial charge in [-0.1, -0.05) is 30.0 Å². The molecule has 1 aliphatic rings. The van der Waals surface area contributed by atoms with Crippen LogP contribution in [0.2, 0.25) is 0 Å². The second-order valence-electron chi connectivity index (χ2n) is 8.12. The molecular formula is C25H29N3O6. The predicted octanol–water partition coefficient (Wildman–Crippen LogP) is 1.14. The Morgan fingerprint density at radius 2 is 1.82 bits per heavy atom. The number of amides is 1. The molecular weight excluding hydrogens is 438 g/mol. The minimum absolute atomic E-state index is 0.176. The molecule has 0 aromatic heterocycles. The third-order valence-corrected chi connectivity index (χ3v) is 6.19. The number of rotatable bonds is 10. The monoisotopic (exact) mass is 467 g/mol. The molecule has 3 rings (SSSR count). The quantitative estimate of drug-likeness (QED) is 0.184. The van der Waals surface area contributed by atoms with Gasteiger partial charge in [0.25, 0.3) is 11.6 Å². The second-order valence-corrected chi connectivity index (χ2v) is 8.12. The number of nitro benzene ring substituents is 1. The van der Waals surface area contributed by atoms with E-state index in [1.807, 2.05) is 0 Å². The summed E-state index contributed by atoms with van der Waals surface area (Å²) in [6.07, 6.45) is 0.627. The maximum Gasteiger partial charge on any atom is 0.295 e. The molecule has 1 N–H and O–H groups in total. The van der Waals surface area contributed by atoms with Crippen LogP contribution in [0.3, 0.4) is 0 Å². The fourth-order valence-corrected chi connectivity index (χ4v) is 4.28. The maximum atomic E-state index is 13.5. The molecule has 1 saturated heterocycles. The van der Waals surface area contributed by atoms with Gasteiger partial charge in [-0.25, -0.2) is 0 Å². The van der Waals surface area contributed by atoms with E-state index in [0.717, 1.165) is 19.6 Å². The van der Waals surface area contributed by atoms with Crippen LogP contribution in [-0.2, 0) is 9.59 Å². The van der Waals surface area contributed by atoms with Gasteiger partial charge in [-0.2, -0.15) is 0 Å². The van der Waals surface area contributed by atoms with E-state index in [1.165, 1.54) is 41.2 Å². The number of carbonyl (C=O) groups is 2. The predicted molar refractivity (Wildman–Crippen MR) is 124 cm³/mol. The summed E-state index contributed by atoms with van der Waals surface area (Å²) in [5.41, 5.74) is 0.189. The van der Waals surface area contributed by atoms with Gasteiger partial charge < -0.3 is 19.6 Å². The molecule has 1 aliphatic heterocycles. The van der Waals surface area contributed by atoms with E-state index < -0.39 is 28.4 Å². The largest absolute Gasteiger partial charge is 0.872 e. The number of non-ortho nitro benzene ring substituents is 1. The van der Waals surface area contributed by atoms with Crippen LogP contribution in [0.15, 0.2) is 54.1 Å². The van der Waals surface area contributed by atoms with Gasteiger partial charge in [0.15, 0.2) is 0 Å². The van der Waals surface area contributed by atoms with Gasteiger partial charge in [0.1, 0.15) is 5.75 Å². The van der Waals surface area contributed by atoms with Crippen molar-refractivity contribution in [1.29, 1.82) is 0 Å². The fraction of sp³-hybridized carbons (Fsp3) is 0.360. The van der Waals surface area contributed by atoms with Crippen LogP contribution < -0.4 is 14.7 Å². The third kappa shape index (κ3) is 5.09. The maximum absolute atomic E-state index is 13.5. The highest BCUT2D eigenvalue weighted by molar-refractivity contribution is 6.46. The van der Waals surface area contributed by atoms with Crippen molar-refractivity contribution in [3.05, 3.63) is 75.3 Å². The molecule has 1 heterocycles. The van der Waals surface area contributed by atoms with Crippen molar-refractivity contribution < 1.29 is 29.3 Å². The van der Waals surface area contributed by atoms with Crippen molar-refractivity contribution >= 4 is 23.1 Å². The Bertz CT molecular complexity index is 1110. The van der Waals surface area contributed by atoms with Gasteiger partial charge >= 0.3 is 0 Å². The Morgan fingerprint density at radius 3 is 2.47 bits per heavy atom. The lowest BCUT2D eigenvalue weighted by atomic mass is 9.95. The number of Topliss-reactive ketones (excluding diaryl/α,β-unsaturated/α-hetero) is 1. The number of nitro groups is 1. The number of methoxy groups -OCH3 is 1. The van der Waals surface area contributed by atoms with E-state index in [9.17, 15) is 24.8 Å². The molecule has 9 nitrogen and oxygen atoms in total. The molecule has 1 atom stereocenters. The average Bonchev–Trinajstić information content (AvgIpc) is 3.11. The first-order chi connectivity index (χ1) is 16.3. The zero-order chi connectivity index (χ0) is 24.8. The first-order valence-electron chi connectivity index (χ1n) is 11.3. The summed E-state index contributed by atoms with van der Waals surface area (Å²) < 4.78 is 5.19. The van der Waals surface area contributed by atoms with Crippen molar-refractivity contribution in [3.8, 4) is 5.75 Å². The van der Waals surface area contributed by atoms with Gasteiger partial charge in [-0.05, 0) is 37.1 Å². The van der Waals surface area contributed by atoms with Crippen molar-refractivity contribution in [3.63, 3.8) is 0 Å². The first-order valence-corrected chi connectivity index (χ1v) is 11.3. The minimum Gasteiger partial charge on any atom is -0.872 e. The van der Waals surface area contributed by atoms with Crippen LogP contribution in [0.25, 0.3) is 5.76 Å². The van der Waals surface area contributed by atoms with Crippen molar-refractivity contribution in [2.45, 2.75) is 26.3 Å². The molecule has 1 amide bonds. The number of nitrogens with zero attached hydrogens (tertiary/aromatic N) is 2. The number of carbonyl (C=O) groups excluding carboxylic acids is 2. The Hall–Kier alpha value is -3.72. The molecule has 0 saturated carbocycles. The van der Waals surface area contributed by atoms with E-state index in [0.29, 0.717) is 17.7 Å². The van der Waals surface area contributed by atoms with Gasteiger partial charge in [0.05, 0.1) is 37.7 Å². The summed E-state index contributed by atoms with van der Waals surface area (Å²) in [7, 11) is 1.46. The molecule has 1 fully saturated rings. The van der Waals surface area contributed by atoms with Gasteiger partial charge in [0.2, 0.25) is 5.78 Å². The summed E-state index contributed by atoms with van der Waals surface area (Å²) in [5, 5.41) is 24.8. The zero-order valence-electron chi connectivity index (χ0n) is 19.6.